The number of hydrogen-bond acceptors (Lipinski definition) is 4. The largest absolute Gasteiger partial charge is 0.508 e. The van der Waals surface area contributed by atoms with Crippen LogP contribution in [-0.4, -0.2) is 29.8 Å². The van der Waals surface area contributed by atoms with Crippen LogP contribution in [0.2, 0.25) is 0 Å². The molecule has 0 aliphatic rings. The van der Waals surface area contributed by atoms with Gasteiger partial charge in [0.05, 0.1) is 6.61 Å². The van der Waals surface area contributed by atoms with Gasteiger partial charge in [-0.3, -0.25) is 4.79 Å². The van der Waals surface area contributed by atoms with Gasteiger partial charge in [-0.05, 0) is 57.4 Å². The van der Waals surface area contributed by atoms with Crippen molar-refractivity contribution in [2.45, 2.75) is 45.6 Å². The molecule has 0 saturated heterocycles. The highest BCUT2D eigenvalue weighted by Crippen LogP contribution is 2.18. The Morgan fingerprint density at radius 1 is 1.30 bits per heavy atom. The normalized spacial score (nSPS) is 13.8. The van der Waals surface area contributed by atoms with Gasteiger partial charge in [-0.1, -0.05) is 19.1 Å². The van der Waals surface area contributed by atoms with E-state index >= 15 is 0 Å². The molecule has 1 aromatic rings. The quantitative estimate of drug-likeness (QED) is 0.718. The molecule has 1 rings (SSSR count). The first-order valence-corrected chi connectivity index (χ1v) is 7.22. The van der Waals surface area contributed by atoms with E-state index in [1.165, 1.54) is 0 Å². The Labute approximate surface area is 121 Å². The summed E-state index contributed by atoms with van der Waals surface area (Å²) >= 11 is 0. The average Bonchev–Trinajstić information content (AvgIpc) is 2.45. The van der Waals surface area contributed by atoms with Crippen molar-refractivity contribution in [3.8, 4) is 5.75 Å². The van der Waals surface area contributed by atoms with Crippen LogP contribution in [0.1, 0.15) is 39.2 Å². The number of aromatic hydroxyl groups is 1. The predicted molar refractivity (Wildman–Crippen MR) is 79.8 cm³/mol. The van der Waals surface area contributed by atoms with Gasteiger partial charge < -0.3 is 15.2 Å². The van der Waals surface area contributed by atoms with Crippen molar-refractivity contribution in [2.75, 3.05) is 13.2 Å². The van der Waals surface area contributed by atoms with E-state index in [9.17, 15) is 9.90 Å². The number of carbonyl (C=O) groups is 1. The van der Waals surface area contributed by atoms with Crippen LogP contribution in [0, 0.1) is 0 Å². The Balaban J connectivity index is 2.68. The van der Waals surface area contributed by atoms with Crippen LogP contribution < -0.4 is 5.32 Å². The fourth-order valence-corrected chi connectivity index (χ4v) is 2.01. The number of ether oxygens (including phenoxy) is 1. The second-order valence-electron chi connectivity index (χ2n) is 5.15. The minimum atomic E-state index is -0.663. The molecular formula is C16H25NO3. The number of esters is 1. The monoisotopic (exact) mass is 279 g/mol. The first-order chi connectivity index (χ1) is 9.51. The minimum absolute atomic E-state index is 0.202. The maximum atomic E-state index is 12.1. The molecule has 4 heteroatoms. The van der Waals surface area contributed by atoms with Crippen LogP contribution in [0.25, 0.3) is 0 Å². The molecule has 20 heavy (non-hydrogen) atoms. The summed E-state index contributed by atoms with van der Waals surface area (Å²) in [6.45, 7) is 6.95. The molecule has 0 fully saturated rings. The third-order valence-corrected chi connectivity index (χ3v) is 3.34. The van der Waals surface area contributed by atoms with E-state index in [-0.39, 0.29) is 11.7 Å². The lowest BCUT2D eigenvalue weighted by atomic mass is 9.93. The third kappa shape index (κ3) is 4.85. The van der Waals surface area contributed by atoms with E-state index in [1.807, 2.05) is 26.0 Å². The fourth-order valence-electron chi connectivity index (χ4n) is 2.01. The average molecular weight is 279 g/mol. The van der Waals surface area contributed by atoms with Gasteiger partial charge in [0, 0.05) is 0 Å². The molecule has 2 N–H and O–H groups in total. The molecule has 0 saturated carbocycles. The smallest absolute Gasteiger partial charge is 0.326 e. The molecule has 0 bridgehead atoms. The lowest BCUT2D eigenvalue weighted by Crippen LogP contribution is -2.51. The van der Waals surface area contributed by atoms with E-state index < -0.39 is 5.54 Å². The van der Waals surface area contributed by atoms with Crippen molar-refractivity contribution in [1.29, 1.82) is 0 Å². The van der Waals surface area contributed by atoms with Crippen LogP contribution in [-0.2, 0) is 16.0 Å². The van der Waals surface area contributed by atoms with Crippen molar-refractivity contribution < 1.29 is 14.6 Å². The van der Waals surface area contributed by atoms with Crippen LogP contribution >= 0.6 is 0 Å². The lowest BCUT2D eigenvalue weighted by molar-refractivity contribution is -0.150. The highest BCUT2D eigenvalue weighted by Gasteiger charge is 2.33. The molecule has 0 amide bonds. The number of rotatable bonds is 8. The highest BCUT2D eigenvalue weighted by molar-refractivity contribution is 5.80. The Morgan fingerprint density at radius 3 is 2.50 bits per heavy atom. The van der Waals surface area contributed by atoms with Gasteiger partial charge in [0.15, 0.2) is 0 Å². The summed E-state index contributed by atoms with van der Waals surface area (Å²) in [7, 11) is 0. The SMILES string of the molecule is CCCNC(C)(CCc1ccc(O)cc1)C(=O)OCC. The van der Waals surface area contributed by atoms with Gasteiger partial charge in [0.2, 0.25) is 0 Å². The zero-order chi connectivity index (χ0) is 15.0. The molecular weight excluding hydrogens is 254 g/mol. The van der Waals surface area contributed by atoms with Crippen molar-refractivity contribution in [2.24, 2.45) is 0 Å². The number of benzene rings is 1. The van der Waals surface area contributed by atoms with Crippen molar-refractivity contribution in [3.63, 3.8) is 0 Å². The summed E-state index contributed by atoms with van der Waals surface area (Å²) in [5.41, 5.74) is 0.431. The van der Waals surface area contributed by atoms with Gasteiger partial charge in [-0.15, -0.1) is 0 Å². The summed E-state index contributed by atoms with van der Waals surface area (Å²) in [5.74, 6) is 0.0539. The number of phenolic OH excluding ortho intramolecular Hbond substituents is 1. The first kappa shape index (κ1) is 16.5. The van der Waals surface area contributed by atoms with Crippen LogP contribution in [0.15, 0.2) is 24.3 Å². The second-order valence-corrected chi connectivity index (χ2v) is 5.15. The molecule has 1 atom stereocenters. The molecule has 0 aromatic heterocycles. The van der Waals surface area contributed by atoms with E-state index in [1.54, 1.807) is 12.1 Å². The summed E-state index contributed by atoms with van der Waals surface area (Å²) in [5, 5.41) is 12.6. The summed E-state index contributed by atoms with van der Waals surface area (Å²) in [6, 6.07) is 7.08. The standard InChI is InChI=1S/C16H25NO3/c1-4-12-17-16(3,15(19)20-5-2)11-10-13-6-8-14(18)9-7-13/h6-9,17-18H,4-5,10-12H2,1-3H3. The molecule has 1 unspecified atom stereocenters. The number of nitrogens with one attached hydrogen (secondary N) is 1. The lowest BCUT2D eigenvalue weighted by Gasteiger charge is -2.28. The topological polar surface area (TPSA) is 58.6 Å². The molecule has 0 heterocycles. The number of phenols is 1. The van der Waals surface area contributed by atoms with Gasteiger partial charge in [0.1, 0.15) is 11.3 Å². The molecule has 0 aliphatic heterocycles. The van der Waals surface area contributed by atoms with Crippen molar-refractivity contribution >= 4 is 5.97 Å². The van der Waals surface area contributed by atoms with E-state index in [0.717, 1.165) is 24.9 Å². The van der Waals surface area contributed by atoms with E-state index in [4.69, 9.17) is 4.74 Å². The van der Waals surface area contributed by atoms with Crippen LogP contribution in [0.3, 0.4) is 0 Å². The Bertz CT molecular complexity index is 416. The Hall–Kier alpha value is -1.55. The van der Waals surface area contributed by atoms with E-state index in [0.29, 0.717) is 13.0 Å². The molecule has 0 spiro atoms. The number of aryl methyl sites for hydroxylation is 1. The van der Waals surface area contributed by atoms with Gasteiger partial charge in [-0.25, -0.2) is 0 Å². The Morgan fingerprint density at radius 2 is 1.95 bits per heavy atom. The second kappa shape index (κ2) is 7.90. The minimum Gasteiger partial charge on any atom is -0.508 e. The van der Waals surface area contributed by atoms with Crippen molar-refractivity contribution in [1.82, 2.24) is 5.32 Å². The molecule has 1 aromatic carbocycles. The van der Waals surface area contributed by atoms with Gasteiger partial charge in [-0.2, -0.15) is 0 Å². The number of hydrogen-bond donors (Lipinski definition) is 2. The highest BCUT2D eigenvalue weighted by atomic mass is 16.5. The van der Waals surface area contributed by atoms with E-state index in [2.05, 4.69) is 12.2 Å². The fraction of sp³-hybridized carbons (Fsp3) is 0.562. The summed E-state index contributed by atoms with van der Waals surface area (Å²) in [4.78, 5) is 12.1. The predicted octanol–water partition coefficient (Wildman–Crippen LogP) is 2.65. The maximum Gasteiger partial charge on any atom is 0.326 e. The Kier molecular flexibility index (Phi) is 6.52. The number of carbonyl (C=O) groups excluding carboxylic acids is 1. The molecule has 112 valence electrons. The zero-order valence-electron chi connectivity index (χ0n) is 12.6. The summed E-state index contributed by atoms with van der Waals surface area (Å²) < 4.78 is 5.17. The van der Waals surface area contributed by atoms with Gasteiger partial charge >= 0.3 is 5.97 Å². The third-order valence-electron chi connectivity index (χ3n) is 3.34. The molecule has 0 radical (unpaired) electrons. The summed E-state index contributed by atoms with van der Waals surface area (Å²) in [6.07, 6.45) is 2.39. The maximum absolute atomic E-state index is 12.1. The first-order valence-electron chi connectivity index (χ1n) is 7.22. The van der Waals surface area contributed by atoms with Crippen molar-refractivity contribution in [3.05, 3.63) is 29.8 Å². The molecule has 4 nitrogen and oxygen atoms in total. The molecule has 0 aliphatic carbocycles. The zero-order valence-corrected chi connectivity index (χ0v) is 12.6. The van der Waals surface area contributed by atoms with Crippen LogP contribution in [0.4, 0.5) is 0 Å². The van der Waals surface area contributed by atoms with Gasteiger partial charge in [0.25, 0.3) is 0 Å². The van der Waals surface area contributed by atoms with Crippen LogP contribution in [0.5, 0.6) is 5.75 Å².